The molecule has 0 fully saturated rings. The monoisotopic (exact) mass is 506 g/mol. The zero-order valence-corrected chi connectivity index (χ0v) is 21.0. The van der Waals surface area contributed by atoms with E-state index in [1.54, 1.807) is 38.5 Å². The lowest BCUT2D eigenvalue weighted by molar-refractivity contribution is 0.0998. The molecule has 38 heavy (non-hydrogen) atoms. The summed E-state index contributed by atoms with van der Waals surface area (Å²) < 4.78 is 22.7. The number of benzene rings is 4. The van der Waals surface area contributed by atoms with Crippen LogP contribution in [0.3, 0.4) is 0 Å². The molecule has 0 aliphatic heterocycles. The number of hydrogen-bond donors (Lipinski definition) is 2. The molecule has 7 heteroatoms. The third-order valence-electron chi connectivity index (χ3n) is 6.07. The molecular weight excluding hydrogens is 480 g/mol. The Balaban J connectivity index is 1.46. The number of hydrogen-bond acceptors (Lipinski definition) is 6. The lowest BCUT2D eigenvalue weighted by atomic mass is 10.1. The van der Waals surface area contributed by atoms with Crippen molar-refractivity contribution in [1.29, 1.82) is 0 Å². The maximum atomic E-state index is 12.8. The second-order valence-corrected chi connectivity index (χ2v) is 8.52. The van der Waals surface area contributed by atoms with E-state index in [0.29, 0.717) is 44.7 Å². The van der Waals surface area contributed by atoms with Crippen molar-refractivity contribution >= 4 is 45.7 Å². The van der Waals surface area contributed by atoms with E-state index in [9.17, 15) is 4.79 Å². The van der Waals surface area contributed by atoms with Crippen LogP contribution in [0.1, 0.15) is 10.6 Å². The summed E-state index contributed by atoms with van der Waals surface area (Å²) in [7, 11) is 3.14. The number of methoxy groups -OCH3 is 2. The minimum Gasteiger partial charge on any atom is -0.493 e. The Kier molecular flexibility index (Phi) is 6.74. The number of ether oxygens (including phenoxy) is 3. The van der Waals surface area contributed by atoms with Crippen LogP contribution in [0.5, 0.6) is 17.2 Å². The Morgan fingerprint density at radius 3 is 2.42 bits per heavy atom. The van der Waals surface area contributed by atoms with Gasteiger partial charge in [-0.05, 0) is 76.8 Å². The summed E-state index contributed by atoms with van der Waals surface area (Å²) in [5, 5.41) is 7.04. The molecule has 0 atom stereocenters. The van der Waals surface area contributed by atoms with E-state index in [0.717, 1.165) is 16.2 Å². The van der Waals surface area contributed by atoms with Crippen molar-refractivity contribution in [2.24, 2.45) is 5.73 Å². The number of carbonyl (C=O) groups is 1. The fourth-order valence-electron chi connectivity index (χ4n) is 4.20. The van der Waals surface area contributed by atoms with Gasteiger partial charge in [-0.2, -0.15) is 0 Å². The average molecular weight is 507 g/mol. The SMILES string of the molecule is C=c1cc(OC)c(OC)c/c1=C(/C=C\N)Oc1ccc2ccc(NC(=O)c3cc4ccccc4o3)cc2c1. The summed E-state index contributed by atoms with van der Waals surface area (Å²) in [5.41, 5.74) is 7.01. The Morgan fingerprint density at radius 2 is 1.66 bits per heavy atom. The molecule has 1 aromatic heterocycles. The van der Waals surface area contributed by atoms with Crippen molar-refractivity contribution in [2.45, 2.75) is 0 Å². The van der Waals surface area contributed by atoms with Crippen LogP contribution in [0.4, 0.5) is 5.69 Å². The fraction of sp³-hybridized carbons (Fsp3) is 0.0645. The number of carbonyl (C=O) groups excluding carboxylic acids is 1. The van der Waals surface area contributed by atoms with Crippen LogP contribution in [0.25, 0.3) is 34.1 Å². The van der Waals surface area contributed by atoms with E-state index in [-0.39, 0.29) is 11.7 Å². The van der Waals surface area contributed by atoms with E-state index in [4.69, 9.17) is 24.4 Å². The van der Waals surface area contributed by atoms with Crippen LogP contribution in [0, 0.1) is 0 Å². The Bertz CT molecular complexity index is 1770. The Labute approximate surface area is 219 Å². The van der Waals surface area contributed by atoms with Crippen molar-refractivity contribution in [3.63, 3.8) is 0 Å². The number of nitrogens with one attached hydrogen (secondary N) is 1. The highest BCUT2D eigenvalue weighted by Gasteiger charge is 2.13. The molecule has 5 aromatic rings. The molecule has 0 aliphatic rings. The van der Waals surface area contributed by atoms with E-state index in [1.807, 2.05) is 60.7 Å². The van der Waals surface area contributed by atoms with Gasteiger partial charge in [0.05, 0.1) is 14.2 Å². The standard InChI is InChI=1S/C31H26N2O5/c1-19-14-28(35-2)29(36-3)18-25(19)27(12-13-32)37-24-11-9-20-8-10-23(15-22(20)16-24)33-31(34)30-17-21-6-4-5-7-26(21)38-30/h4-18H,1,32H2,2-3H3,(H,33,34)/b13-12-,27-25+. The minimum atomic E-state index is -0.326. The second-order valence-electron chi connectivity index (χ2n) is 8.52. The molecular formula is C31H26N2O5. The molecule has 0 saturated heterocycles. The van der Waals surface area contributed by atoms with Crippen molar-refractivity contribution in [3.8, 4) is 17.2 Å². The highest BCUT2D eigenvalue weighted by molar-refractivity contribution is 6.05. The predicted octanol–water partition coefficient (Wildman–Crippen LogP) is 4.93. The summed E-state index contributed by atoms with van der Waals surface area (Å²) in [4.78, 5) is 12.8. The summed E-state index contributed by atoms with van der Waals surface area (Å²) >= 11 is 0. The van der Waals surface area contributed by atoms with Gasteiger partial charge in [-0.1, -0.05) is 36.9 Å². The average Bonchev–Trinajstić information content (AvgIpc) is 3.37. The van der Waals surface area contributed by atoms with Crippen molar-refractivity contribution in [3.05, 3.63) is 107 Å². The molecule has 1 heterocycles. The van der Waals surface area contributed by atoms with Crippen LogP contribution >= 0.6 is 0 Å². The normalized spacial score (nSPS) is 12.1. The first-order valence-corrected chi connectivity index (χ1v) is 11.8. The highest BCUT2D eigenvalue weighted by Crippen LogP contribution is 2.27. The first kappa shape index (κ1) is 24.5. The summed E-state index contributed by atoms with van der Waals surface area (Å²) in [6.45, 7) is 4.12. The number of amides is 1. The Morgan fingerprint density at radius 1 is 0.895 bits per heavy atom. The smallest absolute Gasteiger partial charge is 0.291 e. The van der Waals surface area contributed by atoms with E-state index >= 15 is 0 Å². The lowest BCUT2D eigenvalue weighted by Gasteiger charge is -2.11. The van der Waals surface area contributed by atoms with Gasteiger partial charge in [0, 0.05) is 16.3 Å². The van der Waals surface area contributed by atoms with E-state index < -0.39 is 0 Å². The quantitative estimate of drug-likeness (QED) is 0.325. The first-order valence-electron chi connectivity index (χ1n) is 11.8. The molecule has 0 unspecified atom stereocenters. The molecule has 4 aromatic carbocycles. The van der Waals surface area contributed by atoms with Gasteiger partial charge in [0.2, 0.25) is 0 Å². The highest BCUT2D eigenvalue weighted by atomic mass is 16.5. The van der Waals surface area contributed by atoms with Gasteiger partial charge in [-0.25, -0.2) is 0 Å². The van der Waals surface area contributed by atoms with Gasteiger partial charge in [0.15, 0.2) is 17.3 Å². The van der Waals surface area contributed by atoms with Gasteiger partial charge < -0.3 is 29.7 Å². The van der Waals surface area contributed by atoms with Crippen molar-refractivity contribution in [1.82, 2.24) is 0 Å². The maximum Gasteiger partial charge on any atom is 0.291 e. The van der Waals surface area contributed by atoms with Crippen molar-refractivity contribution < 1.29 is 23.4 Å². The fourth-order valence-corrected chi connectivity index (χ4v) is 4.20. The van der Waals surface area contributed by atoms with E-state index in [1.165, 1.54) is 6.20 Å². The van der Waals surface area contributed by atoms with Gasteiger partial charge >= 0.3 is 0 Å². The van der Waals surface area contributed by atoms with Crippen LogP contribution in [-0.4, -0.2) is 20.1 Å². The van der Waals surface area contributed by atoms with Crippen LogP contribution < -0.4 is 35.7 Å². The van der Waals surface area contributed by atoms with Crippen LogP contribution in [0.15, 0.2) is 95.6 Å². The minimum absolute atomic E-state index is 0.245. The first-order chi connectivity index (χ1) is 18.5. The molecule has 0 bridgehead atoms. The topological polar surface area (TPSA) is 96.0 Å². The summed E-state index contributed by atoms with van der Waals surface area (Å²) in [6, 6.07) is 24.1. The summed E-state index contributed by atoms with van der Waals surface area (Å²) in [6.07, 6.45) is 3.06. The van der Waals surface area contributed by atoms with Gasteiger partial charge in [-0.15, -0.1) is 0 Å². The molecule has 1 amide bonds. The molecule has 0 aliphatic carbocycles. The molecule has 5 rings (SSSR count). The predicted molar refractivity (Wildman–Crippen MR) is 150 cm³/mol. The lowest BCUT2D eigenvalue weighted by Crippen LogP contribution is -2.27. The van der Waals surface area contributed by atoms with Gasteiger partial charge in [0.25, 0.3) is 5.91 Å². The van der Waals surface area contributed by atoms with E-state index in [2.05, 4.69) is 11.9 Å². The Hall–Kier alpha value is -5.17. The molecule has 190 valence electrons. The number of anilines is 1. The molecule has 0 saturated carbocycles. The number of nitrogens with two attached hydrogens (primary N) is 1. The summed E-state index contributed by atoms with van der Waals surface area (Å²) in [5.74, 6) is 2.11. The number of rotatable bonds is 7. The number of para-hydroxylation sites is 1. The molecule has 3 N–H and O–H groups in total. The number of fused-ring (bicyclic) bond motifs is 2. The second kappa shape index (κ2) is 10.4. The maximum absolute atomic E-state index is 12.8. The third kappa shape index (κ3) is 4.90. The van der Waals surface area contributed by atoms with Crippen LogP contribution in [-0.2, 0) is 0 Å². The van der Waals surface area contributed by atoms with Crippen molar-refractivity contribution in [2.75, 3.05) is 19.5 Å². The molecule has 0 spiro atoms. The molecule has 0 radical (unpaired) electrons. The molecule has 7 nitrogen and oxygen atoms in total. The van der Waals surface area contributed by atoms with Gasteiger partial charge in [-0.3, -0.25) is 4.79 Å². The zero-order valence-electron chi connectivity index (χ0n) is 21.0. The van der Waals surface area contributed by atoms with Crippen LogP contribution in [0.2, 0.25) is 0 Å². The van der Waals surface area contributed by atoms with Gasteiger partial charge in [0.1, 0.15) is 17.1 Å². The largest absolute Gasteiger partial charge is 0.493 e. The zero-order chi connectivity index (χ0) is 26.6. The third-order valence-corrected chi connectivity index (χ3v) is 6.07. The number of furan rings is 1.